The number of benzene rings is 1. The Morgan fingerprint density at radius 2 is 2.06 bits per heavy atom. The molecular weight excluding hydrogens is 423 g/mol. The Bertz CT molecular complexity index is 1080. The maximum atomic E-state index is 13.0. The molecule has 0 aliphatic rings. The van der Waals surface area contributed by atoms with Crippen molar-refractivity contribution in [2.75, 3.05) is 33.8 Å². The van der Waals surface area contributed by atoms with Gasteiger partial charge in [-0.25, -0.2) is 14.5 Å². The van der Waals surface area contributed by atoms with Gasteiger partial charge in [-0.2, -0.15) is 18.3 Å². The van der Waals surface area contributed by atoms with Crippen LogP contribution in [0.2, 0.25) is 0 Å². The van der Waals surface area contributed by atoms with Gasteiger partial charge in [-0.05, 0) is 38.7 Å². The second-order valence-electron chi connectivity index (χ2n) is 7.47. The summed E-state index contributed by atoms with van der Waals surface area (Å²) < 4.78 is 44.9. The first-order valence-electron chi connectivity index (χ1n) is 10.2. The number of rotatable bonds is 9. The molecule has 10 heteroatoms. The Kier molecular flexibility index (Phi) is 7.47. The fourth-order valence-corrected chi connectivity index (χ4v) is 3.38. The molecule has 0 spiro atoms. The van der Waals surface area contributed by atoms with Crippen LogP contribution in [0.3, 0.4) is 0 Å². The van der Waals surface area contributed by atoms with E-state index in [0.29, 0.717) is 17.8 Å². The number of hydrogen-bond acceptors (Lipinski definition) is 6. The highest BCUT2D eigenvalue weighted by molar-refractivity contribution is 6.03. The van der Waals surface area contributed by atoms with Crippen molar-refractivity contribution in [3.05, 3.63) is 47.7 Å². The van der Waals surface area contributed by atoms with Gasteiger partial charge in [-0.15, -0.1) is 0 Å². The maximum absolute atomic E-state index is 13.0. The van der Waals surface area contributed by atoms with Gasteiger partial charge in [0.25, 0.3) is 0 Å². The predicted octanol–water partition coefficient (Wildman–Crippen LogP) is 3.49. The number of nitrogens with one attached hydrogen (secondary N) is 1. The highest BCUT2D eigenvalue weighted by Crippen LogP contribution is 2.28. The minimum absolute atomic E-state index is 0.0144. The number of nitrogens with zero attached hydrogens (tertiary/aromatic N) is 4. The molecule has 0 aliphatic heterocycles. The monoisotopic (exact) mass is 449 g/mol. The van der Waals surface area contributed by atoms with Gasteiger partial charge < -0.3 is 15.0 Å². The van der Waals surface area contributed by atoms with Crippen molar-refractivity contribution >= 4 is 17.0 Å². The number of fused-ring (bicyclic) bond motifs is 1. The van der Waals surface area contributed by atoms with Gasteiger partial charge in [0.2, 0.25) is 0 Å². The molecule has 0 fully saturated rings. The summed E-state index contributed by atoms with van der Waals surface area (Å²) >= 11 is 0. The van der Waals surface area contributed by atoms with E-state index in [0.717, 1.165) is 23.3 Å². The molecular formula is C22H26F3N5O2. The molecule has 0 radical (unpaired) electrons. The van der Waals surface area contributed by atoms with Gasteiger partial charge in [0.15, 0.2) is 5.65 Å². The summed E-state index contributed by atoms with van der Waals surface area (Å²) in [5, 5.41) is 7.14. The molecule has 0 bridgehead atoms. The Hall–Kier alpha value is -2.98. The molecule has 7 nitrogen and oxygen atoms in total. The number of ether oxygens (including phenoxy) is 1. The van der Waals surface area contributed by atoms with E-state index in [1.807, 2.05) is 38.4 Å². The van der Waals surface area contributed by atoms with Crippen LogP contribution in [0.5, 0.6) is 0 Å². The van der Waals surface area contributed by atoms with Crippen molar-refractivity contribution in [3.63, 3.8) is 0 Å². The molecule has 0 amide bonds. The van der Waals surface area contributed by atoms with E-state index in [-0.39, 0.29) is 23.2 Å². The van der Waals surface area contributed by atoms with Crippen LogP contribution in [-0.2, 0) is 17.8 Å². The molecule has 2 heterocycles. The summed E-state index contributed by atoms with van der Waals surface area (Å²) in [5.74, 6) is -0.629. The number of pyridine rings is 1. The number of carbonyl (C=O) groups is 1. The van der Waals surface area contributed by atoms with Gasteiger partial charge in [0, 0.05) is 25.2 Å². The number of halogens is 3. The second kappa shape index (κ2) is 10.1. The predicted molar refractivity (Wildman–Crippen MR) is 115 cm³/mol. The van der Waals surface area contributed by atoms with E-state index in [1.165, 1.54) is 6.20 Å². The SMILES string of the molecule is CCOC(=O)c1cc(-c2cccc(CN(C)CCNC)c2)nc2c1cnn2CC(F)(F)F. The zero-order valence-electron chi connectivity index (χ0n) is 18.2. The first-order valence-corrected chi connectivity index (χ1v) is 10.2. The van der Waals surface area contributed by atoms with Gasteiger partial charge >= 0.3 is 12.1 Å². The molecule has 0 saturated carbocycles. The van der Waals surface area contributed by atoms with E-state index >= 15 is 0 Å². The lowest BCUT2D eigenvalue weighted by Gasteiger charge is -2.17. The van der Waals surface area contributed by atoms with Crippen LogP contribution in [0, 0.1) is 0 Å². The van der Waals surface area contributed by atoms with Gasteiger partial charge in [-0.1, -0.05) is 18.2 Å². The average molecular weight is 449 g/mol. The van der Waals surface area contributed by atoms with Crippen molar-refractivity contribution in [1.82, 2.24) is 25.0 Å². The molecule has 0 unspecified atom stereocenters. The van der Waals surface area contributed by atoms with Gasteiger partial charge in [0.1, 0.15) is 6.54 Å². The quantitative estimate of drug-likeness (QED) is 0.505. The lowest BCUT2D eigenvalue weighted by atomic mass is 10.0. The van der Waals surface area contributed by atoms with Crippen LogP contribution in [-0.4, -0.2) is 65.6 Å². The normalized spacial score (nSPS) is 12.0. The molecule has 0 saturated heterocycles. The average Bonchev–Trinajstić information content (AvgIpc) is 3.13. The van der Waals surface area contributed by atoms with Crippen LogP contribution in [0.25, 0.3) is 22.3 Å². The highest BCUT2D eigenvalue weighted by atomic mass is 19.4. The molecule has 172 valence electrons. The molecule has 3 aromatic rings. The Balaban J connectivity index is 2.05. The molecule has 32 heavy (non-hydrogen) atoms. The lowest BCUT2D eigenvalue weighted by molar-refractivity contribution is -0.141. The van der Waals surface area contributed by atoms with Crippen LogP contribution in [0.1, 0.15) is 22.8 Å². The molecule has 0 aliphatic carbocycles. The molecule has 1 aromatic carbocycles. The fraction of sp³-hybridized carbons (Fsp3) is 0.409. The van der Waals surface area contributed by atoms with Crippen molar-refractivity contribution in [3.8, 4) is 11.3 Å². The first-order chi connectivity index (χ1) is 15.2. The van der Waals surface area contributed by atoms with Crippen molar-refractivity contribution in [2.24, 2.45) is 0 Å². The van der Waals surface area contributed by atoms with Gasteiger partial charge in [0.05, 0.1) is 29.4 Å². The molecule has 0 atom stereocenters. The summed E-state index contributed by atoms with van der Waals surface area (Å²) in [6, 6.07) is 9.11. The summed E-state index contributed by atoms with van der Waals surface area (Å²) in [6.45, 7) is 2.90. The number of carbonyl (C=O) groups excluding carboxylic acids is 1. The zero-order valence-corrected chi connectivity index (χ0v) is 18.2. The Labute approximate surface area is 184 Å². The number of aromatic nitrogens is 3. The Morgan fingerprint density at radius 1 is 1.28 bits per heavy atom. The third kappa shape index (κ3) is 5.83. The number of esters is 1. The van der Waals surface area contributed by atoms with E-state index in [2.05, 4.69) is 20.3 Å². The molecule has 3 rings (SSSR count). The first kappa shape index (κ1) is 23.7. The molecule has 1 N–H and O–H groups in total. The van der Waals surface area contributed by atoms with E-state index in [9.17, 15) is 18.0 Å². The summed E-state index contributed by atoms with van der Waals surface area (Å²) in [4.78, 5) is 19.1. The highest BCUT2D eigenvalue weighted by Gasteiger charge is 2.30. The fourth-order valence-electron chi connectivity index (χ4n) is 3.38. The summed E-state index contributed by atoms with van der Waals surface area (Å²) in [6.07, 6.45) is -3.25. The minimum Gasteiger partial charge on any atom is -0.462 e. The van der Waals surface area contributed by atoms with E-state index in [1.54, 1.807) is 13.0 Å². The van der Waals surface area contributed by atoms with Crippen molar-refractivity contribution in [2.45, 2.75) is 26.2 Å². The largest absolute Gasteiger partial charge is 0.462 e. The van der Waals surface area contributed by atoms with Crippen LogP contribution < -0.4 is 5.32 Å². The smallest absolute Gasteiger partial charge is 0.408 e. The number of hydrogen-bond donors (Lipinski definition) is 1. The van der Waals surface area contributed by atoms with E-state index < -0.39 is 18.7 Å². The minimum atomic E-state index is -4.47. The zero-order chi connectivity index (χ0) is 23.3. The molecule has 2 aromatic heterocycles. The van der Waals surface area contributed by atoms with Crippen molar-refractivity contribution < 1.29 is 22.7 Å². The van der Waals surface area contributed by atoms with Gasteiger partial charge in [-0.3, -0.25) is 0 Å². The summed E-state index contributed by atoms with van der Waals surface area (Å²) in [5.41, 5.74) is 2.21. The third-order valence-corrected chi connectivity index (χ3v) is 4.85. The van der Waals surface area contributed by atoms with Crippen LogP contribution in [0.15, 0.2) is 36.5 Å². The third-order valence-electron chi connectivity index (χ3n) is 4.85. The lowest BCUT2D eigenvalue weighted by Crippen LogP contribution is -2.26. The second-order valence-corrected chi connectivity index (χ2v) is 7.47. The topological polar surface area (TPSA) is 72.3 Å². The standard InChI is InChI=1S/C22H26F3N5O2/c1-4-32-21(31)17-11-19(28-20-18(17)12-27-30(20)14-22(23,24)25)16-7-5-6-15(10-16)13-29(3)9-8-26-2/h5-7,10-12,26H,4,8-9,13-14H2,1-3H3. The van der Waals surface area contributed by atoms with Crippen molar-refractivity contribution in [1.29, 1.82) is 0 Å². The van der Waals surface area contributed by atoms with E-state index in [4.69, 9.17) is 4.74 Å². The van der Waals surface area contributed by atoms with Crippen LogP contribution >= 0.6 is 0 Å². The summed E-state index contributed by atoms with van der Waals surface area (Å²) in [7, 11) is 3.89. The van der Waals surface area contributed by atoms with Crippen LogP contribution in [0.4, 0.5) is 13.2 Å². The Morgan fingerprint density at radius 3 is 2.75 bits per heavy atom. The number of alkyl halides is 3. The maximum Gasteiger partial charge on any atom is 0.408 e. The number of likely N-dealkylation sites (N-methyl/N-ethyl adjacent to an activating group) is 2.